The van der Waals surface area contributed by atoms with E-state index < -0.39 is 0 Å². The third-order valence-electron chi connectivity index (χ3n) is 5.63. The Labute approximate surface area is 192 Å². The minimum atomic E-state index is 0.284. The topological polar surface area (TPSA) is 42.4 Å². The molecule has 1 N–H and O–H groups in total. The summed E-state index contributed by atoms with van der Waals surface area (Å²) in [7, 11) is 0. The van der Waals surface area contributed by atoms with Crippen molar-refractivity contribution in [1.29, 1.82) is 0 Å². The van der Waals surface area contributed by atoms with Crippen LogP contribution in [0.1, 0.15) is 58.1 Å². The summed E-state index contributed by atoms with van der Waals surface area (Å²) in [5, 5.41) is 9.45. The molecule has 0 saturated carbocycles. The highest BCUT2D eigenvalue weighted by Crippen LogP contribution is 2.26. The number of phenols is 1. The number of benzene rings is 2. The molecular formula is C29H35NO2. The highest BCUT2D eigenvalue weighted by atomic mass is 16.5. The summed E-state index contributed by atoms with van der Waals surface area (Å²) < 4.78 is 5.85. The van der Waals surface area contributed by atoms with Crippen molar-refractivity contribution >= 4 is 6.08 Å². The van der Waals surface area contributed by atoms with Crippen molar-refractivity contribution in [2.75, 3.05) is 6.61 Å². The molecule has 0 amide bonds. The Bertz CT molecular complexity index is 944. The summed E-state index contributed by atoms with van der Waals surface area (Å²) >= 11 is 0. The van der Waals surface area contributed by atoms with Crippen molar-refractivity contribution < 1.29 is 9.84 Å². The quantitative estimate of drug-likeness (QED) is 0.298. The largest absolute Gasteiger partial charge is 0.508 e. The van der Waals surface area contributed by atoms with Crippen LogP contribution < -0.4 is 0 Å². The van der Waals surface area contributed by atoms with Gasteiger partial charge in [-0.05, 0) is 73.6 Å². The highest BCUT2D eigenvalue weighted by Gasteiger charge is 2.02. The van der Waals surface area contributed by atoms with Crippen LogP contribution >= 0.6 is 0 Å². The fourth-order valence-electron chi connectivity index (χ4n) is 3.63. The lowest BCUT2D eigenvalue weighted by atomic mass is 10.0. The van der Waals surface area contributed by atoms with Gasteiger partial charge in [0.15, 0.2) is 0 Å². The third kappa shape index (κ3) is 7.65. The van der Waals surface area contributed by atoms with Crippen LogP contribution in [0.15, 0.2) is 72.9 Å². The van der Waals surface area contributed by atoms with E-state index in [4.69, 9.17) is 4.74 Å². The van der Waals surface area contributed by atoms with E-state index in [9.17, 15) is 5.11 Å². The number of aromatic hydroxyl groups is 1. The first-order chi connectivity index (χ1) is 15.7. The maximum Gasteiger partial charge on any atom is 0.115 e. The van der Waals surface area contributed by atoms with Gasteiger partial charge in [0.05, 0.1) is 11.8 Å². The molecule has 0 fully saturated rings. The van der Waals surface area contributed by atoms with Gasteiger partial charge in [0.2, 0.25) is 0 Å². The molecule has 0 saturated heterocycles. The van der Waals surface area contributed by atoms with E-state index in [2.05, 4.69) is 67.4 Å². The Morgan fingerprint density at radius 3 is 2.09 bits per heavy atom. The second-order valence-electron chi connectivity index (χ2n) is 8.32. The molecule has 3 heteroatoms. The number of allylic oxidation sites excluding steroid dienone is 1. The monoisotopic (exact) mass is 429 g/mol. The van der Waals surface area contributed by atoms with Crippen molar-refractivity contribution in [3.8, 4) is 28.0 Å². The maximum absolute atomic E-state index is 9.45. The fourth-order valence-corrected chi connectivity index (χ4v) is 3.63. The van der Waals surface area contributed by atoms with Gasteiger partial charge in [-0.15, -0.1) is 0 Å². The summed E-state index contributed by atoms with van der Waals surface area (Å²) in [6, 6.07) is 19.9. The lowest BCUT2D eigenvalue weighted by Crippen LogP contribution is -2.08. The number of unbranched alkanes of at least 4 members (excludes halogenated alkanes) is 3. The smallest absolute Gasteiger partial charge is 0.115 e. The Morgan fingerprint density at radius 2 is 1.47 bits per heavy atom. The number of phenolic OH excluding ortho intramolecular Hbond substituents is 1. The van der Waals surface area contributed by atoms with E-state index in [1.807, 2.05) is 18.3 Å². The molecule has 0 aliphatic rings. The van der Waals surface area contributed by atoms with Gasteiger partial charge in [0.1, 0.15) is 5.75 Å². The van der Waals surface area contributed by atoms with E-state index >= 15 is 0 Å². The summed E-state index contributed by atoms with van der Waals surface area (Å²) in [4.78, 5) is 4.60. The van der Waals surface area contributed by atoms with Crippen LogP contribution in [0.4, 0.5) is 0 Å². The van der Waals surface area contributed by atoms with Crippen LogP contribution in [0.25, 0.3) is 28.3 Å². The molecular weight excluding hydrogens is 394 g/mol. The first kappa shape index (κ1) is 23.7. The minimum absolute atomic E-state index is 0.284. The number of aromatic nitrogens is 1. The molecule has 2 aromatic carbocycles. The van der Waals surface area contributed by atoms with Gasteiger partial charge in [-0.25, -0.2) is 0 Å². The van der Waals surface area contributed by atoms with E-state index in [1.54, 1.807) is 12.1 Å². The molecule has 1 aromatic heterocycles. The first-order valence-electron chi connectivity index (χ1n) is 11.8. The number of hydrogen-bond acceptors (Lipinski definition) is 3. The molecule has 3 rings (SSSR count). The van der Waals surface area contributed by atoms with Gasteiger partial charge in [0, 0.05) is 18.4 Å². The van der Waals surface area contributed by atoms with Gasteiger partial charge in [-0.1, -0.05) is 68.3 Å². The van der Waals surface area contributed by atoms with E-state index in [0.717, 1.165) is 53.8 Å². The molecule has 1 heterocycles. The predicted octanol–water partition coefficient (Wildman–Crippen LogP) is 7.90. The third-order valence-corrected chi connectivity index (χ3v) is 5.63. The van der Waals surface area contributed by atoms with Crippen LogP contribution in [-0.4, -0.2) is 22.8 Å². The molecule has 0 spiro atoms. The van der Waals surface area contributed by atoms with Crippen LogP contribution in [0.5, 0.6) is 5.75 Å². The predicted molar refractivity (Wildman–Crippen MR) is 135 cm³/mol. The minimum Gasteiger partial charge on any atom is -0.508 e. The van der Waals surface area contributed by atoms with Crippen molar-refractivity contribution in [3.63, 3.8) is 0 Å². The Kier molecular flexibility index (Phi) is 9.52. The van der Waals surface area contributed by atoms with Gasteiger partial charge < -0.3 is 9.84 Å². The number of rotatable bonds is 12. The van der Waals surface area contributed by atoms with Crippen LogP contribution in [-0.2, 0) is 4.74 Å². The number of ether oxygens (including phenoxy) is 1. The molecule has 32 heavy (non-hydrogen) atoms. The SMILES string of the molecule is CCCCCOC(C)CCCC=Cc1ccc(-c2ccc(-c3ccc(O)cc3)cc2)cn1. The number of nitrogens with zero attached hydrogens (tertiary/aromatic N) is 1. The van der Waals surface area contributed by atoms with Crippen molar-refractivity contribution in [2.24, 2.45) is 0 Å². The van der Waals surface area contributed by atoms with E-state index in [0.29, 0.717) is 6.10 Å². The number of pyridine rings is 1. The molecule has 0 bridgehead atoms. The maximum atomic E-state index is 9.45. The summed E-state index contributed by atoms with van der Waals surface area (Å²) in [6.07, 6.45) is 13.5. The van der Waals surface area contributed by atoms with Gasteiger partial charge >= 0.3 is 0 Å². The van der Waals surface area contributed by atoms with Gasteiger partial charge in [-0.3, -0.25) is 4.98 Å². The lowest BCUT2D eigenvalue weighted by Gasteiger charge is -2.11. The second kappa shape index (κ2) is 12.8. The Hall–Kier alpha value is -2.91. The zero-order valence-electron chi connectivity index (χ0n) is 19.3. The van der Waals surface area contributed by atoms with Crippen LogP contribution in [0.2, 0.25) is 0 Å². The highest BCUT2D eigenvalue weighted by molar-refractivity contribution is 5.70. The Morgan fingerprint density at radius 1 is 0.844 bits per heavy atom. The van der Waals surface area contributed by atoms with Crippen molar-refractivity contribution in [3.05, 3.63) is 78.6 Å². The average molecular weight is 430 g/mol. The Balaban J connectivity index is 1.45. The zero-order valence-corrected chi connectivity index (χ0v) is 19.3. The van der Waals surface area contributed by atoms with Crippen molar-refractivity contribution in [1.82, 2.24) is 4.98 Å². The normalized spacial score (nSPS) is 12.3. The standard InChI is InChI=1S/C29H35NO2/c1-3-4-8-21-32-23(2)9-6-5-7-10-28-18-15-27(22-30-28)26-13-11-24(12-14-26)25-16-19-29(31)20-17-25/h7,10-20,22-23,31H,3-6,8-9,21H2,1-2H3. The van der Waals surface area contributed by atoms with E-state index in [-0.39, 0.29) is 5.75 Å². The van der Waals surface area contributed by atoms with E-state index in [1.165, 1.54) is 19.3 Å². The average Bonchev–Trinajstić information content (AvgIpc) is 2.83. The van der Waals surface area contributed by atoms with Crippen molar-refractivity contribution in [2.45, 2.75) is 58.5 Å². The zero-order chi connectivity index (χ0) is 22.6. The molecule has 1 unspecified atom stereocenters. The number of hydrogen-bond donors (Lipinski definition) is 1. The fraction of sp³-hybridized carbons (Fsp3) is 0.345. The summed E-state index contributed by atoms with van der Waals surface area (Å²) in [5.41, 5.74) is 5.45. The molecule has 3 nitrogen and oxygen atoms in total. The van der Waals surface area contributed by atoms with Gasteiger partial charge in [0.25, 0.3) is 0 Å². The molecule has 0 radical (unpaired) electrons. The molecule has 0 aliphatic heterocycles. The lowest BCUT2D eigenvalue weighted by molar-refractivity contribution is 0.0566. The summed E-state index contributed by atoms with van der Waals surface area (Å²) in [6.45, 7) is 5.28. The molecule has 1 atom stereocenters. The second-order valence-corrected chi connectivity index (χ2v) is 8.32. The molecule has 0 aliphatic carbocycles. The first-order valence-corrected chi connectivity index (χ1v) is 11.8. The molecule has 3 aromatic rings. The van der Waals surface area contributed by atoms with Crippen LogP contribution in [0.3, 0.4) is 0 Å². The molecule has 168 valence electrons. The van der Waals surface area contributed by atoms with Gasteiger partial charge in [-0.2, -0.15) is 0 Å². The van der Waals surface area contributed by atoms with Crippen LogP contribution in [0, 0.1) is 0 Å². The summed E-state index contributed by atoms with van der Waals surface area (Å²) in [5.74, 6) is 0.284.